The lowest BCUT2D eigenvalue weighted by Crippen LogP contribution is -2.35. The predicted octanol–water partition coefficient (Wildman–Crippen LogP) is 2.15. The van der Waals surface area contributed by atoms with Crippen molar-refractivity contribution in [1.82, 2.24) is 10.2 Å². The molecule has 1 atom stereocenters. The highest BCUT2D eigenvalue weighted by molar-refractivity contribution is 6.21. The summed E-state index contributed by atoms with van der Waals surface area (Å²) in [5.74, 6) is -1.64. The third-order valence-corrected chi connectivity index (χ3v) is 4.45. The number of carbonyl (C=O) groups excluding carboxylic acids is 4. The van der Waals surface area contributed by atoms with Gasteiger partial charge in [0.05, 0.1) is 29.5 Å². The number of fused-ring (bicyclic) bond motifs is 1. The number of nitrogens with one attached hydrogen (secondary N) is 1. The van der Waals surface area contributed by atoms with Gasteiger partial charge in [0.1, 0.15) is 5.76 Å². The van der Waals surface area contributed by atoms with Gasteiger partial charge in [0.15, 0.2) is 6.61 Å². The number of furan rings is 1. The van der Waals surface area contributed by atoms with Gasteiger partial charge in [-0.1, -0.05) is 6.92 Å². The van der Waals surface area contributed by atoms with Crippen molar-refractivity contribution in [3.63, 3.8) is 0 Å². The molecule has 0 unspecified atom stereocenters. The Hall–Kier alpha value is -3.42. The number of amides is 3. The summed E-state index contributed by atoms with van der Waals surface area (Å²) < 4.78 is 10.2. The number of hydrogen-bond acceptors (Lipinski definition) is 6. The van der Waals surface area contributed by atoms with Crippen LogP contribution in [0.15, 0.2) is 41.0 Å². The van der Waals surface area contributed by atoms with E-state index >= 15 is 0 Å². The van der Waals surface area contributed by atoms with E-state index in [1.54, 1.807) is 12.1 Å². The molecule has 0 saturated carbocycles. The third kappa shape index (κ3) is 3.95. The van der Waals surface area contributed by atoms with E-state index in [9.17, 15) is 19.2 Å². The fourth-order valence-electron chi connectivity index (χ4n) is 2.75. The van der Waals surface area contributed by atoms with Crippen LogP contribution >= 0.6 is 0 Å². The maximum absolute atomic E-state index is 12.6. The number of carbonyl (C=O) groups is 4. The first-order valence-corrected chi connectivity index (χ1v) is 8.89. The molecular weight excluding hydrogens is 364 g/mol. The van der Waals surface area contributed by atoms with Gasteiger partial charge in [-0.15, -0.1) is 0 Å². The van der Waals surface area contributed by atoms with Crippen molar-refractivity contribution in [3.8, 4) is 0 Å². The number of esters is 1. The van der Waals surface area contributed by atoms with Crippen molar-refractivity contribution in [2.45, 2.75) is 32.9 Å². The van der Waals surface area contributed by atoms with Gasteiger partial charge < -0.3 is 14.5 Å². The molecule has 1 aliphatic rings. The van der Waals surface area contributed by atoms with Gasteiger partial charge in [-0.3, -0.25) is 19.3 Å². The predicted molar refractivity (Wildman–Crippen MR) is 97.5 cm³/mol. The lowest BCUT2D eigenvalue weighted by molar-refractivity contribution is -0.124. The van der Waals surface area contributed by atoms with Gasteiger partial charge in [0, 0.05) is 6.04 Å². The highest BCUT2D eigenvalue weighted by Crippen LogP contribution is 2.26. The minimum atomic E-state index is -0.744. The minimum absolute atomic E-state index is 0.00884. The fourth-order valence-corrected chi connectivity index (χ4v) is 2.75. The Balaban J connectivity index is 1.68. The van der Waals surface area contributed by atoms with E-state index in [4.69, 9.17) is 9.15 Å². The number of benzene rings is 1. The van der Waals surface area contributed by atoms with Crippen LogP contribution in [0.3, 0.4) is 0 Å². The minimum Gasteiger partial charge on any atom is -0.467 e. The Labute approximate surface area is 161 Å². The van der Waals surface area contributed by atoms with Crippen molar-refractivity contribution in [1.29, 1.82) is 0 Å². The Morgan fingerprint density at radius 3 is 2.61 bits per heavy atom. The summed E-state index contributed by atoms with van der Waals surface area (Å²) in [4.78, 5) is 50.0. The first-order valence-electron chi connectivity index (χ1n) is 8.89. The molecule has 1 aromatic heterocycles. The summed E-state index contributed by atoms with van der Waals surface area (Å²) in [6.45, 7) is 3.36. The van der Waals surface area contributed by atoms with Crippen LogP contribution in [0.1, 0.15) is 57.1 Å². The molecule has 28 heavy (non-hydrogen) atoms. The average Bonchev–Trinajstić information content (AvgIpc) is 3.29. The molecule has 0 radical (unpaired) electrons. The van der Waals surface area contributed by atoms with Crippen molar-refractivity contribution in [2.24, 2.45) is 0 Å². The molecule has 0 bridgehead atoms. The Kier molecular flexibility index (Phi) is 5.58. The van der Waals surface area contributed by atoms with Crippen molar-refractivity contribution >= 4 is 23.7 Å². The molecule has 8 nitrogen and oxygen atoms in total. The molecule has 2 heterocycles. The van der Waals surface area contributed by atoms with Gasteiger partial charge in [0.25, 0.3) is 17.7 Å². The smallest absolute Gasteiger partial charge is 0.338 e. The van der Waals surface area contributed by atoms with Crippen molar-refractivity contribution < 1.29 is 28.3 Å². The monoisotopic (exact) mass is 384 g/mol. The second-order valence-electron chi connectivity index (χ2n) is 6.49. The van der Waals surface area contributed by atoms with Crippen LogP contribution in [0, 0.1) is 0 Å². The van der Waals surface area contributed by atoms with Gasteiger partial charge >= 0.3 is 5.97 Å². The molecular formula is C20H20N2O6. The summed E-state index contributed by atoms with van der Waals surface area (Å²) in [7, 11) is 0. The van der Waals surface area contributed by atoms with Gasteiger partial charge in [-0.2, -0.15) is 0 Å². The molecule has 146 valence electrons. The van der Waals surface area contributed by atoms with Gasteiger partial charge in [0.2, 0.25) is 0 Å². The lowest BCUT2D eigenvalue weighted by atomic mass is 10.1. The highest BCUT2D eigenvalue weighted by atomic mass is 16.5. The number of nitrogens with zero attached hydrogens (tertiary/aromatic N) is 1. The Bertz CT molecular complexity index is 919. The van der Waals surface area contributed by atoms with E-state index < -0.39 is 30.3 Å². The topological polar surface area (TPSA) is 106 Å². The summed E-state index contributed by atoms with van der Waals surface area (Å²) in [5.41, 5.74) is 0.425. The number of imide groups is 1. The van der Waals surface area contributed by atoms with E-state index in [0.717, 1.165) is 11.3 Å². The van der Waals surface area contributed by atoms with E-state index in [-0.39, 0.29) is 29.3 Å². The van der Waals surface area contributed by atoms with Crippen LogP contribution in [-0.2, 0) is 16.1 Å². The quantitative estimate of drug-likeness (QED) is 0.579. The zero-order valence-electron chi connectivity index (χ0n) is 15.6. The zero-order valence-corrected chi connectivity index (χ0v) is 15.6. The first-order chi connectivity index (χ1) is 13.4. The third-order valence-electron chi connectivity index (χ3n) is 4.45. The summed E-state index contributed by atoms with van der Waals surface area (Å²) >= 11 is 0. The summed E-state index contributed by atoms with van der Waals surface area (Å²) in [6, 6.07) is 7.43. The molecule has 3 amide bonds. The number of ether oxygens (including phenoxy) is 1. The second-order valence-corrected chi connectivity index (χ2v) is 6.49. The summed E-state index contributed by atoms with van der Waals surface area (Å²) in [6.07, 6.45) is 2.22. The molecule has 0 saturated heterocycles. The average molecular weight is 384 g/mol. The molecule has 0 aliphatic carbocycles. The van der Waals surface area contributed by atoms with E-state index in [2.05, 4.69) is 5.32 Å². The number of rotatable bonds is 7. The number of hydrogen-bond donors (Lipinski definition) is 1. The van der Waals surface area contributed by atoms with Gasteiger partial charge in [-0.05, 0) is 43.7 Å². The van der Waals surface area contributed by atoms with Crippen molar-refractivity contribution in [2.75, 3.05) is 6.61 Å². The SMILES string of the molecule is CC[C@H](C)NC(=O)COC(=O)c1ccc2c(c1)C(=O)N(Cc1ccco1)C2=O. The van der Waals surface area contributed by atoms with E-state index in [1.807, 2.05) is 13.8 Å². The van der Waals surface area contributed by atoms with Crippen LogP contribution in [0.5, 0.6) is 0 Å². The standard InChI is InChI=1S/C20H20N2O6/c1-3-12(2)21-17(23)11-28-20(26)13-6-7-15-16(9-13)19(25)22(18(15)24)10-14-5-4-8-27-14/h4-9,12H,3,10-11H2,1-2H3,(H,21,23)/t12-/m0/s1. The van der Waals surface area contributed by atoms with Crippen LogP contribution in [0.4, 0.5) is 0 Å². The maximum Gasteiger partial charge on any atom is 0.338 e. The molecule has 0 fully saturated rings. The largest absolute Gasteiger partial charge is 0.467 e. The molecule has 1 N–H and O–H groups in total. The van der Waals surface area contributed by atoms with Crippen LogP contribution < -0.4 is 5.32 Å². The van der Waals surface area contributed by atoms with E-state index in [1.165, 1.54) is 24.5 Å². The highest BCUT2D eigenvalue weighted by Gasteiger charge is 2.36. The normalized spacial score (nSPS) is 14.0. The fraction of sp³-hybridized carbons (Fsp3) is 0.300. The maximum atomic E-state index is 12.6. The van der Waals surface area contributed by atoms with Crippen LogP contribution in [0.25, 0.3) is 0 Å². The van der Waals surface area contributed by atoms with E-state index in [0.29, 0.717) is 5.76 Å². The molecule has 3 rings (SSSR count). The zero-order chi connectivity index (χ0) is 20.3. The molecule has 8 heteroatoms. The summed E-state index contributed by atoms with van der Waals surface area (Å²) in [5, 5.41) is 2.69. The lowest BCUT2D eigenvalue weighted by Gasteiger charge is -2.11. The van der Waals surface area contributed by atoms with Crippen LogP contribution in [0.2, 0.25) is 0 Å². The Morgan fingerprint density at radius 1 is 1.18 bits per heavy atom. The van der Waals surface area contributed by atoms with Crippen molar-refractivity contribution in [3.05, 3.63) is 59.0 Å². The van der Waals surface area contributed by atoms with Gasteiger partial charge in [-0.25, -0.2) is 4.79 Å². The molecule has 1 aliphatic heterocycles. The molecule has 0 spiro atoms. The Morgan fingerprint density at radius 2 is 1.93 bits per heavy atom. The molecule has 1 aromatic carbocycles. The first kappa shape index (κ1) is 19.3. The molecule has 2 aromatic rings. The van der Waals surface area contributed by atoms with Crippen LogP contribution in [-0.4, -0.2) is 41.2 Å². The second kappa shape index (κ2) is 8.08.